The van der Waals surface area contributed by atoms with Crippen molar-refractivity contribution in [3.63, 3.8) is 0 Å². The molecule has 2 heterocycles. The van der Waals surface area contributed by atoms with E-state index in [4.69, 9.17) is 0 Å². The van der Waals surface area contributed by atoms with Crippen molar-refractivity contribution in [2.45, 2.75) is 12.8 Å². The molecule has 0 saturated heterocycles. The van der Waals surface area contributed by atoms with Gasteiger partial charge in [0, 0.05) is 37.4 Å². The van der Waals surface area contributed by atoms with E-state index >= 15 is 0 Å². The summed E-state index contributed by atoms with van der Waals surface area (Å²) in [4.78, 5) is 9.72. The highest BCUT2D eigenvalue weighted by Gasteiger charge is 1.98. The van der Waals surface area contributed by atoms with E-state index in [-0.39, 0.29) is 0 Å². The van der Waals surface area contributed by atoms with Gasteiger partial charge in [0.1, 0.15) is 0 Å². The molecule has 0 aromatic carbocycles. The number of aromatic nitrogens is 1. The van der Waals surface area contributed by atoms with Crippen molar-refractivity contribution in [1.82, 2.24) is 15.6 Å². The van der Waals surface area contributed by atoms with E-state index in [0.29, 0.717) is 0 Å². The van der Waals surface area contributed by atoms with Crippen LogP contribution in [0.3, 0.4) is 0 Å². The molecule has 106 valence electrons. The molecule has 0 radical (unpaired) electrons. The lowest BCUT2D eigenvalue weighted by Crippen LogP contribution is -2.39. The average molecular weight is 288 g/mol. The second-order valence-corrected chi connectivity index (χ2v) is 5.40. The summed E-state index contributed by atoms with van der Waals surface area (Å²) in [6.07, 6.45) is 5.66. The first-order chi connectivity index (χ1) is 9.88. The van der Waals surface area contributed by atoms with Crippen LogP contribution in [-0.4, -0.2) is 31.1 Å². The highest BCUT2D eigenvalue weighted by atomic mass is 32.1. The molecular weight excluding hydrogens is 268 g/mol. The van der Waals surface area contributed by atoms with Crippen LogP contribution in [0.15, 0.2) is 47.0 Å². The zero-order chi connectivity index (χ0) is 14.0. The highest BCUT2D eigenvalue weighted by Crippen LogP contribution is 2.07. The van der Waals surface area contributed by atoms with Gasteiger partial charge in [0.2, 0.25) is 0 Å². The third-order valence-electron chi connectivity index (χ3n) is 2.90. The number of guanidine groups is 1. The molecule has 0 spiro atoms. The van der Waals surface area contributed by atoms with Crippen LogP contribution in [0.4, 0.5) is 0 Å². The number of nitrogens with zero attached hydrogens (tertiary/aromatic N) is 2. The SMILES string of the molecule is CN=C(NCCc1cccnc1)NCCc1cccs1. The van der Waals surface area contributed by atoms with Gasteiger partial charge in [-0.25, -0.2) is 0 Å². The van der Waals surface area contributed by atoms with Gasteiger partial charge < -0.3 is 10.6 Å². The third-order valence-corrected chi connectivity index (χ3v) is 3.83. The van der Waals surface area contributed by atoms with Crippen LogP contribution in [0, 0.1) is 0 Å². The van der Waals surface area contributed by atoms with Gasteiger partial charge in [0.05, 0.1) is 0 Å². The van der Waals surface area contributed by atoms with Crippen LogP contribution in [-0.2, 0) is 12.8 Å². The van der Waals surface area contributed by atoms with E-state index < -0.39 is 0 Å². The average Bonchev–Trinajstić information content (AvgIpc) is 3.00. The summed E-state index contributed by atoms with van der Waals surface area (Å²) >= 11 is 1.79. The number of hydrogen-bond donors (Lipinski definition) is 2. The minimum atomic E-state index is 0.852. The van der Waals surface area contributed by atoms with E-state index in [9.17, 15) is 0 Å². The van der Waals surface area contributed by atoms with Gasteiger partial charge >= 0.3 is 0 Å². The first-order valence-corrected chi connectivity index (χ1v) is 7.62. The van der Waals surface area contributed by atoms with Gasteiger partial charge in [-0.1, -0.05) is 12.1 Å². The number of rotatable bonds is 6. The zero-order valence-electron chi connectivity index (χ0n) is 11.7. The van der Waals surface area contributed by atoms with Crippen molar-refractivity contribution < 1.29 is 0 Å². The summed E-state index contributed by atoms with van der Waals surface area (Å²) < 4.78 is 0. The van der Waals surface area contributed by atoms with Crippen molar-refractivity contribution in [3.05, 3.63) is 52.5 Å². The van der Waals surface area contributed by atoms with E-state index in [1.54, 1.807) is 24.6 Å². The Kier molecular flexibility index (Phi) is 6.05. The minimum absolute atomic E-state index is 0.852. The van der Waals surface area contributed by atoms with E-state index in [1.807, 2.05) is 12.3 Å². The second kappa shape index (κ2) is 8.32. The van der Waals surface area contributed by atoms with Gasteiger partial charge in [-0.05, 0) is 35.9 Å². The summed E-state index contributed by atoms with van der Waals surface area (Å²) in [5, 5.41) is 8.74. The minimum Gasteiger partial charge on any atom is -0.356 e. The van der Waals surface area contributed by atoms with Crippen LogP contribution < -0.4 is 10.6 Å². The number of thiophene rings is 1. The molecule has 0 aliphatic rings. The molecule has 0 atom stereocenters. The molecule has 5 heteroatoms. The van der Waals surface area contributed by atoms with Crippen molar-refractivity contribution in [1.29, 1.82) is 0 Å². The van der Waals surface area contributed by atoms with Crippen LogP contribution in [0.1, 0.15) is 10.4 Å². The molecule has 0 aliphatic heterocycles. The molecule has 4 nitrogen and oxygen atoms in total. The molecule has 0 fully saturated rings. The van der Waals surface area contributed by atoms with Crippen molar-refractivity contribution in [2.75, 3.05) is 20.1 Å². The van der Waals surface area contributed by atoms with Gasteiger partial charge in [-0.3, -0.25) is 9.98 Å². The van der Waals surface area contributed by atoms with Crippen LogP contribution in [0.25, 0.3) is 0 Å². The quantitative estimate of drug-likeness (QED) is 0.632. The maximum Gasteiger partial charge on any atom is 0.190 e. The largest absolute Gasteiger partial charge is 0.356 e. The van der Waals surface area contributed by atoms with E-state index in [1.165, 1.54) is 10.4 Å². The molecule has 2 aromatic rings. The number of hydrogen-bond acceptors (Lipinski definition) is 3. The summed E-state index contributed by atoms with van der Waals surface area (Å²) in [6, 6.07) is 8.29. The first-order valence-electron chi connectivity index (χ1n) is 6.74. The van der Waals surface area contributed by atoms with E-state index in [0.717, 1.165) is 31.9 Å². The molecular formula is C15H20N4S. The molecule has 2 N–H and O–H groups in total. The fraction of sp³-hybridized carbons (Fsp3) is 0.333. The topological polar surface area (TPSA) is 49.3 Å². The second-order valence-electron chi connectivity index (χ2n) is 4.37. The van der Waals surface area contributed by atoms with Gasteiger partial charge in [0.15, 0.2) is 5.96 Å². The van der Waals surface area contributed by atoms with Gasteiger partial charge in [-0.2, -0.15) is 0 Å². The smallest absolute Gasteiger partial charge is 0.190 e. The predicted octanol–water partition coefficient (Wildman–Crippen LogP) is 2.09. The molecule has 2 aromatic heterocycles. The Labute approximate surface area is 124 Å². The molecule has 0 aliphatic carbocycles. The summed E-state index contributed by atoms with van der Waals surface area (Å²) in [5.74, 6) is 0.852. The van der Waals surface area contributed by atoms with Crippen molar-refractivity contribution in [2.24, 2.45) is 4.99 Å². The molecule has 0 unspecified atom stereocenters. The molecule has 0 saturated carbocycles. The normalized spacial score (nSPS) is 11.3. The van der Waals surface area contributed by atoms with Gasteiger partial charge in [0.25, 0.3) is 0 Å². The number of pyridine rings is 1. The molecule has 0 bridgehead atoms. The number of nitrogens with one attached hydrogen (secondary N) is 2. The molecule has 2 rings (SSSR count). The zero-order valence-corrected chi connectivity index (χ0v) is 12.5. The summed E-state index contributed by atoms with van der Waals surface area (Å²) in [7, 11) is 1.80. The van der Waals surface area contributed by atoms with Crippen molar-refractivity contribution >= 4 is 17.3 Å². The Hall–Kier alpha value is -1.88. The fourth-order valence-corrected chi connectivity index (χ4v) is 2.56. The number of aliphatic imine (C=N–C) groups is 1. The van der Waals surface area contributed by atoms with Crippen LogP contribution in [0.2, 0.25) is 0 Å². The summed E-state index contributed by atoms with van der Waals surface area (Å²) in [5.41, 5.74) is 1.23. The lowest BCUT2D eigenvalue weighted by Gasteiger charge is -2.11. The fourth-order valence-electron chi connectivity index (χ4n) is 1.85. The molecule has 20 heavy (non-hydrogen) atoms. The lowest BCUT2D eigenvalue weighted by molar-refractivity contribution is 0.786. The third kappa shape index (κ3) is 5.01. The Morgan fingerprint density at radius 2 is 2.05 bits per heavy atom. The predicted molar refractivity (Wildman–Crippen MR) is 85.3 cm³/mol. The Balaban J connectivity index is 1.65. The maximum atomic E-state index is 4.22. The Bertz CT molecular complexity index is 508. The highest BCUT2D eigenvalue weighted by molar-refractivity contribution is 7.09. The Morgan fingerprint density at radius 1 is 1.20 bits per heavy atom. The first kappa shape index (κ1) is 14.5. The summed E-state index contributed by atoms with van der Waals surface area (Å²) in [6.45, 7) is 1.75. The monoisotopic (exact) mass is 288 g/mol. The van der Waals surface area contributed by atoms with Crippen LogP contribution >= 0.6 is 11.3 Å². The van der Waals surface area contributed by atoms with Gasteiger partial charge in [-0.15, -0.1) is 11.3 Å². The maximum absolute atomic E-state index is 4.22. The Morgan fingerprint density at radius 3 is 2.70 bits per heavy atom. The lowest BCUT2D eigenvalue weighted by atomic mass is 10.2. The standard InChI is InChI=1S/C15H20N4S/c1-16-15(19-10-7-14-5-3-11-20-14)18-9-6-13-4-2-8-17-12-13/h2-5,8,11-12H,6-7,9-10H2,1H3,(H2,16,18,19). The van der Waals surface area contributed by atoms with Crippen LogP contribution in [0.5, 0.6) is 0 Å². The molecule has 0 amide bonds. The van der Waals surface area contributed by atoms with E-state index in [2.05, 4.69) is 44.2 Å². The van der Waals surface area contributed by atoms with Crippen molar-refractivity contribution in [3.8, 4) is 0 Å².